The lowest BCUT2D eigenvalue weighted by molar-refractivity contribution is 0.0815. The van der Waals surface area contributed by atoms with Crippen molar-refractivity contribution < 1.29 is 0 Å². The lowest BCUT2D eigenvalue weighted by Gasteiger charge is -2.34. The van der Waals surface area contributed by atoms with Crippen LogP contribution < -0.4 is 10.6 Å². The van der Waals surface area contributed by atoms with E-state index < -0.39 is 0 Å². The normalized spacial score (nSPS) is 12.6. The number of unbranched alkanes of at least 4 members (excludes halogenated alkanes) is 12. The summed E-state index contributed by atoms with van der Waals surface area (Å²) in [5, 5.41) is 7.43. The third-order valence-corrected chi connectivity index (χ3v) is 7.39. The Bertz CT molecular complexity index is 454. The highest BCUT2D eigenvalue weighted by Crippen LogP contribution is 2.15. The summed E-state index contributed by atoms with van der Waals surface area (Å²) in [5.41, 5.74) is 0.341. The van der Waals surface area contributed by atoms with Gasteiger partial charge < -0.3 is 0 Å². The molecule has 0 bridgehead atoms. The Morgan fingerprint density at radius 1 is 0.474 bits per heavy atom. The molecule has 4 heteroatoms. The van der Waals surface area contributed by atoms with E-state index in [2.05, 4.69) is 104 Å². The zero-order valence-corrected chi connectivity index (χ0v) is 28.8. The van der Waals surface area contributed by atoms with Gasteiger partial charge in [0.05, 0.1) is 12.3 Å². The molecule has 4 nitrogen and oxygen atoms in total. The minimum Gasteiger partial charge on any atom is -0.297 e. The van der Waals surface area contributed by atoms with Gasteiger partial charge in [0.1, 0.15) is 0 Å². The molecule has 232 valence electrons. The second kappa shape index (κ2) is 24.6. The van der Waals surface area contributed by atoms with Crippen LogP contribution in [0, 0.1) is 0 Å². The van der Waals surface area contributed by atoms with Crippen LogP contribution in [0.4, 0.5) is 0 Å². The molecule has 0 aromatic heterocycles. The molecule has 0 aromatic carbocycles. The van der Waals surface area contributed by atoms with E-state index >= 15 is 0 Å². The minimum absolute atomic E-state index is 0.171. The first kappa shape index (κ1) is 40.0. The van der Waals surface area contributed by atoms with E-state index in [0.29, 0.717) is 12.3 Å². The fourth-order valence-electron chi connectivity index (χ4n) is 5.01. The summed E-state index contributed by atoms with van der Waals surface area (Å²) < 4.78 is 0. The van der Waals surface area contributed by atoms with Gasteiger partial charge in [-0.25, -0.2) is 0 Å². The van der Waals surface area contributed by atoms with E-state index in [1.807, 2.05) is 0 Å². The maximum atomic E-state index is 3.71. The molecule has 0 rings (SSSR count). The van der Waals surface area contributed by atoms with Gasteiger partial charge in [-0.2, -0.15) is 0 Å². The first-order chi connectivity index (χ1) is 17.8. The molecule has 0 fully saturated rings. The summed E-state index contributed by atoms with van der Waals surface area (Å²) in [7, 11) is 4.50. The van der Waals surface area contributed by atoms with Gasteiger partial charge in [0.15, 0.2) is 0 Å². The van der Waals surface area contributed by atoms with Gasteiger partial charge in [0.2, 0.25) is 0 Å². The van der Waals surface area contributed by atoms with Crippen LogP contribution in [0.3, 0.4) is 0 Å². The van der Waals surface area contributed by atoms with Crippen molar-refractivity contribution in [2.75, 3.05) is 27.2 Å². The highest BCUT2D eigenvalue weighted by molar-refractivity contribution is 4.82. The quantitative estimate of drug-likeness (QED) is 0.106. The largest absolute Gasteiger partial charge is 0.297 e. The number of nitrogens with one attached hydrogen (secondary N) is 2. The van der Waals surface area contributed by atoms with Gasteiger partial charge in [0, 0.05) is 11.1 Å². The Labute approximate surface area is 242 Å². The summed E-state index contributed by atoms with van der Waals surface area (Å²) in [4.78, 5) is 4.95. The van der Waals surface area contributed by atoms with Crippen LogP contribution in [-0.2, 0) is 0 Å². The molecule has 0 aliphatic carbocycles. The molecule has 0 unspecified atom stereocenters. The summed E-state index contributed by atoms with van der Waals surface area (Å²) in [5.74, 6) is 0. The molecule has 0 aromatic rings. The van der Waals surface area contributed by atoms with E-state index in [4.69, 9.17) is 0 Å². The Balaban J connectivity index is 0. The van der Waals surface area contributed by atoms with Crippen molar-refractivity contribution in [3.8, 4) is 0 Å². The molecule has 0 atom stereocenters. The average molecular weight is 541 g/mol. The second-order valence-corrected chi connectivity index (χ2v) is 13.8. The molecular weight excluding hydrogens is 464 g/mol. The van der Waals surface area contributed by atoms with Crippen LogP contribution in [0.25, 0.3) is 0 Å². The minimum atomic E-state index is 0.171. The maximum Gasteiger partial charge on any atom is 0.0617 e. The fourth-order valence-corrected chi connectivity index (χ4v) is 5.01. The van der Waals surface area contributed by atoms with Crippen molar-refractivity contribution in [2.24, 2.45) is 0 Å². The number of rotatable bonds is 22. The molecule has 0 amide bonds. The molecule has 0 heterocycles. The van der Waals surface area contributed by atoms with Crippen molar-refractivity contribution in [3.05, 3.63) is 0 Å². The van der Waals surface area contributed by atoms with Crippen LogP contribution in [0.1, 0.15) is 172 Å². The fraction of sp³-hybridized carbons (Fsp3) is 1.00. The summed E-state index contributed by atoms with van der Waals surface area (Å²) in [6.45, 7) is 24.8. The van der Waals surface area contributed by atoms with Crippen LogP contribution in [0.15, 0.2) is 0 Å². The van der Waals surface area contributed by atoms with Gasteiger partial charge in [0.25, 0.3) is 0 Å². The van der Waals surface area contributed by atoms with Crippen LogP contribution >= 0.6 is 0 Å². The third kappa shape index (κ3) is 27.4. The molecule has 0 aliphatic rings. The number of nitrogens with zero attached hydrogens (tertiary/aromatic N) is 2. The molecular formula is C34H76N4. The van der Waals surface area contributed by atoms with Gasteiger partial charge in [-0.3, -0.25) is 20.4 Å². The van der Waals surface area contributed by atoms with E-state index in [1.165, 1.54) is 103 Å². The van der Waals surface area contributed by atoms with E-state index in [9.17, 15) is 0 Å². The highest BCUT2D eigenvalue weighted by Gasteiger charge is 2.21. The first-order valence-electron chi connectivity index (χ1n) is 16.8. The Morgan fingerprint density at radius 3 is 1.11 bits per heavy atom. The van der Waals surface area contributed by atoms with Crippen molar-refractivity contribution in [1.82, 2.24) is 20.4 Å². The smallest absolute Gasteiger partial charge is 0.0617 e. The van der Waals surface area contributed by atoms with Crippen molar-refractivity contribution in [1.29, 1.82) is 0 Å². The van der Waals surface area contributed by atoms with Gasteiger partial charge >= 0.3 is 0 Å². The van der Waals surface area contributed by atoms with Crippen molar-refractivity contribution in [2.45, 2.75) is 195 Å². The van der Waals surface area contributed by atoms with E-state index in [1.54, 1.807) is 0 Å². The Hall–Kier alpha value is -0.160. The van der Waals surface area contributed by atoms with E-state index in [0.717, 1.165) is 13.1 Å². The van der Waals surface area contributed by atoms with E-state index in [-0.39, 0.29) is 11.1 Å². The number of hydrogen-bond acceptors (Lipinski definition) is 4. The lowest BCUT2D eigenvalue weighted by Crippen LogP contribution is -2.56. The predicted molar refractivity (Wildman–Crippen MR) is 175 cm³/mol. The monoisotopic (exact) mass is 541 g/mol. The second-order valence-electron chi connectivity index (χ2n) is 13.8. The summed E-state index contributed by atoms with van der Waals surface area (Å²) in [6, 6.07) is 0. The average Bonchev–Trinajstić information content (AvgIpc) is 2.82. The summed E-state index contributed by atoms with van der Waals surface area (Å²) >= 11 is 0. The Kier molecular flexibility index (Phi) is 25.9. The zero-order chi connectivity index (χ0) is 29.5. The topological polar surface area (TPSA) is 30.5 Å². The molecule has 38 heavy (non-hydrogen) atoms. The zero-order valence-electron chi connectivity index (χ0n) is 28.8. The third-order valence-electron chi connectivity index (χ3n) is 7.39. The van der Waals surface area contributed by atoms with Crippen LogP contribution in [-0.4, -0.2) is 60.4 Å². The highest BCUT2D eigenvalue weighted by atomic mass is 15.3. The SMILES string of the molecule is CCCCCCCCCC(N(C)CC)N(C)CC.CCCCCCCCCC(NC(C)(C)C)NC(C)(C)C. The molecule has 2 N–H and O–H groups in total. The summed E-state index contributed by atoms with van der Waals surface area (Å²) in [6.07, 6.45) is 23.1. The van der Waals surface area contributed by atoms with Gasteiger partial charge in [-0.15, -0.1) is 0 Å². The molecule has 0 spiro atoms. The number of hydrogen-bond donors (Lipinski definition) is 2. The van der Waals surface area contributed by atoms with Crippen LogP contribution in [0.5, 0.6) is 0 Å². The Morgan fingerprint density at radius 2 is 0.789 bits per heavy atom. The van der Waals surface area contributed by atoms with Crippen LogP contribution in [0.2, 0.25) is 0 Å². The molecule has 0 saturated heterocycles. The lowest BCUT2D eigenvalue weighted by atomic mass is 10.0. The van der Waals surface area contributed by atoms with Gasteiger partial charge in [-0.05, 0) is 81.6 Å². The van der Waals surface area contributed by atoms with Crippen molar-refractivity contribution >= 4 is 0 Å². The standard InChI is InChI=1S/C18H40N2.C16H36N2/c1-8-9-10-11-12-13-14-15-16(19-17(2,3)4)20-18(5,6)7;1-6-9-10-11-12-13-14-15-16(17(4)7-2)18(5)8-3/h16,19-20H,8-15H2,1-7H3;16H,6-15H2,1-5H3. The first-order valence-corrected chi connectivity index (χ1v) is 16.8. The maximum absolute atomic E-state index is 3.71. The van der Waals surface area contributed by atoms with Crippen molar-refractivity contribution in [3.63, 3.8) is 0 Å². The van der Waals surface area contributed by atoms with Gasteiger partial charge in [-0.1, -0.05) is 118 Å². The molecule has 0 aliphatic heterocycles. The predicted octanol–water partition coefficient (Wildman–Crippen LogP) is 9.59. The molecule has 0 saturated carbocycles. The molecule has 0 radical (unpaired) electrons.